The van der Waals surface area contributed by atoms with E-state index in [1.54, 1.807) is 0 Å². The van der Waals surface area contributed by atoms with E-state index >= 15 is 0 Å². The molecule has 8 aliphatic rings. The molecule has 0 aliphatic carbocycles. The van der Waals surface area contributed by atoms with Gasteiger partial charge in [-0.2, -0.15) is 0 Å². The Morgan fingerprint density at radius 2 is 0.617 bits per heavy atom. The lowest BCUT2D eigenvalue weighted by molar-refractivity contribution is -0.389. The average molecular weight is 1380 g/mol. The van der Waals surface area contributed by atoms with Crippen molar-refractivity contribution in [1.29, 1.82) is 0 Å². The molecule has 8 heterocycles. The first-order chi connectivity index (χ1) is 44.4. The maximum Gasteiger partial charge on any atom is 0.217 e. The normalized spacial score (nSPS) is 51.2. The summed E-state index contributed by atoms with van der Waals surface area (Å²) in [4.78, 5) is 25.5. The zero-order chi connectivity index (χ0) is 69.2. The molecule has 0 bridgehead atoms. The summed E-state index contributed by atoms with van der Waals surface area (Å²) in [5.74, 6) is -1.74. The number of rotatable bonds is 23. The van der Waals surface area contributed by atoms with E-state index in [0.29, 0.717) is 0 Å². The van der Waals surface area contributed by atoms with Crippen LogP contribution in [0.3, 0.4) is 0 Å². The fraction of sp³-hybridized carbons (Fsp3) is 0.962. The molecule has 25 N–H and O–H groups in total. The third-order valence-corrected chi connectivity index (χ3v) is 17.4. The summed E-state index contributed by atoms with van der Waals surface area (Å²) >= 11 is 0. The van der Waals surface area contributed by atoms with Crippen LogP contribution in [-0.2, 0) is 80.6 Å². The van der Waals surface area contributed by atoms with Crippen LogP contribution in [0.1, 0.15) is 20.8 Å². The highest BCUT2D eigenvalue weighted by Crippen LogP contribution is 2.38. The Hall–Kier alpha value is -2.58. The Bertz CT molecular complexity index is 2360. The van der Waals surface area contributed by atoms with Crippen LogP contribution in [0.4, 0.5) is 0 Å². The van der Waals surface area contributed by atoms with E-state index in [1.165, 1.54) is 6.92 Å². The molecule has 8 rings (SSSR count). The predicted molar refractivity (Wildman–Crippen MR) is 286 cm³/mol. The van der Waals surface area contributed by atoms with Crippen LogP contribution in [0.2, 0.25) is 0 Å². The lowest BCUT2D eigenvalue weighted by atomic mass is 9.93. The van der Waals surface area contributed by atoms with Crippen LogP contribution in [0.5, 0.6) is 0 Å². The number of amides is 2. The van der Waals surface area contributed by atoms with E-state index in [2.05, 4.69) is 10.6 Å². The predicted octanol–water partition coefficient (Wildman–Crippen LogP) is -17.1. The SMILES string of the molecule is CC(=O)N[C@@H]1[C@@H](O[C@@H]2O[C@@H](C)[C@@H](O)[C@@H](O)[C@@H]2O)[C@H](O[C@@H]2O[C@H](CO)[C@@H](O[C@@H]3O[C@H](CO[C@H]4O[C@H](CO[C@H]5O[C@H](CO)[C@@H](O)[C@H](O)[C@@H]5O)[C@@H](O)[C@H](O[C@H]5O[C@H](CO)[C@@H](O)[C@H](O)[C@@H]5O)[C@@H]4O)[C@@H](O)[C@H](O[C@H]4O[C@H](CO)[C@@H](O)[C@H](O)[C@@H]4O)[C@@H]3O)[C@H](O)[C@H]2NC(C)=O)[C@@H](CO)O[C@H]1O. The van der Waals surface area contributed by atoms with E-state index in [4.69, 9.17) is 71.1 Å². The van der Waals surface area contributed by atoms with Crippen molar-refractivity contribution >= 4 is 11.8 Å². The van der Waals surface area contributed by atoms with Gasteiger partial charge in [0.05, 0.1) is 52.4 Å². The quantitative estimate of drug-likeness (QED) is 0.0452. The zero-order valence-corrected chi connectivity index (χ0v) is 50.3. The van der Waals surface area contributed by atoms with Gasteiger partial charge in [-0.25, -0.2) is 0 Å². The first-order valence-electron chi connectivity index (χ1n) is 30.0. The summed E-state index contributed by atoms with van der Waals surface area (Å²) in [6.45, 7) is -3.83. The minimum absolute atomic E-state index is 0.814. The number of carbonyl (C=O) groups excluding carboxylic acids is 2. The van der Waals surface area contributed by atoms with Crippen LogP contribution in [0.25, 0.3) is 0 Å². The van der Waals surface area contributed by atoms with Crippen molar-refractivity contribution in [2.45, 2.75) is 266 Å². The molecule has 0 spiro atoms. The second-order valence-electron chi connectivity index (χ2n) is 23.9. The number of carbonyl (C=O) groups is 2. The molecule has 0 saturated carbocycles. The van der Waals surface area contributed by atoms with E-state index in [0.717, 1.165) is 13.8 Å². The van der Waals surface area contributed by atoms with E-state index in [1.807, 2.05) is 0 Å². The Balaban J connectivity index is 1.09. The average Bonchev–Trinajstić information content (AvgIpc) is 0.774. The molecule has 8 aliphatic heterocycles. The van der Waals surface area contributed by atoms with Gasteiger partial charge in [-0.3, -0.25) is 9.59 Å². The Morgan fingerprint density at radius 1 is 0.298 bits per heavy atom. The molecule has 0 aromatic heterocycles. The number of aliphatic hydroxyl groups is 23. The first-order valence-corrected chi connectivity index (χ1v) is 30.0. The van der Waals surface area contributed by atoms with Gasteiger partial charge in [0.15, 0.2) is 50.3 Å². The largest absolute Gasteiger partial charge is 0.394 e. The minimum Gasteiger partial charge on any atom is -0.394 e. The van der Waals surface area contributed by atoms with Crippen molar-refractivity contribution in [2.24, 2.45) is 0 Å². The molecular weight excluding hydrogens is 1290 g/mol. The number of aliphatic hydroxyl groups excluding tert-OH is 23. The Kier molecular flexibility index (Phi) is 27.3. The summed E-state index contributed by atoms with van der Waals surface area (Å²) in [6, 6.07) is -3.60. The monoisotopic (exact) mass is 1380 g/mol. The van der Waals surface area contributed by atoms with Crippen LogP contribution >= 0.6 is 0 Å². The van der Waals surface area contributed by atoms with Crippen LogP contribution < -0.4 is 10.6 Å². The fourth-order valence-electron chi connectivity index (χ4n) is 12.0. The van der Waals surface area contributed by atoms with Gasteiger partial charge in [0, 0.05) is 13.8 Å². The highest BCUT2D eigenvalue weighted by atomic mass is 16.8. The highest BCUT2D eigenvalue weighted by Gasteiger charge is 2.59. The lowest BCUT2D eigenvalue weighted by Crippen LogP contribution is -2.71. The van der Waals surface area contributed by atoms with Gasteiger partial charge in [-0.1, -0.05) is 0 Å². The van der Waals surface area contributed by atoms with Crippen molar-refractivity contribution in [2.75, 3.05) is 46.2 Å². The molecule has 2 amide bonds. The molecule has 8 saturated heterocycles. The van der Waals surface area contributed by atoms with E-state index in [-0.39, 0.29) is 0 Å². The standard InChI is InChI=1S/C52H88N2O40/c1-11-23(62)30(69)35(74)49(82-11)92-42-22(54-13(3)61)45(79)83-18(8-59)41(42)91-46-21(53-12(2)60)29(68)40(17(7-58)87-46)90-52-39(78)44(94-51-37(76)33(72)26(65)16(6-57)86-51)28(67)20(89-52)10-81-48-38(77)43(93-50-36(75)32(71)25(64)15(5-56)85-50)27(66)19(88-48)9-80-47-34(73)31(70)24(63)14(4-55)84-47/h11,14-52,55-59,62-79H,4-10H2,1-3H3,(H,53,60)(H,54,61)/t11-,14+,15+,16+,17+,18+,19+,20+,21+,22+,23+,24+,25+,26+,27+,28+,29+,30+,31-,32-,33-,34-,35-,36-,37-,38-,39-,40+,41+,42+,43-,44-,45+,46-,47-,48-,49-,50+,51+,52-/m0/s1. The van der Waals surface area contributed by atoms with Crippen molar-refractivity contribution in [1.82, 2.24) is 10.6 Å². The summed E-state index contributed by atoms with van der Waals surface area (Å²) < 4.78 is 87.0. The number of nitrogens with one attached hydrogen (secondary N) is 2. The first kappa shape index (κ1) is 77.2. The van der Waals surface area contributed by atoms with Crippen LogP contribution in [0, 0.1) is 0 Å². The Morgan fingerprint density at radius 3 is 1.07 bits per heavy atom. The smallest absolute Gasteiger partial charge is 0.217 e. The molecule has 0 aromatic rings. The fourth-order valence-corrected chi connectivity index (χ4v) is 12.0. The van der Waals surface area contributed by atoms with Gasteiger partial charge in [-0.05, 0) is 6.92 Å². The molecule has 40 atom stereocenters. The third-order valence-electron chi connectivity index (χ3n) is 17.4. The highest BCUT2D eigenvalue weighted by molar-refractivity contribution is 5.73. The maximum absolute atomic E-state index is 13.0. The molecule has 0 aromatic carbocycles. The molecule has 546 valence electrons. The summed E-state index contributed by atoms with van der Waals surface area (Å²) in [6.07, 6.45) is -75.3. The van der Waals surface area contributed by atoms with E-state index < -0.39 is 304 Å². The van der Waals surface area contributed by atoms with Crippen molar-refractivity contribution in [3.05, 3.63) is 0 Å². The molecule has 0 radical (unpaired) electrons. The number of ether oxygens (including phenoxy) is 15. The summed E-state index contributed by atoms with van der Waals surface area (Å²) in [7, 11) is 0. The second kappa shape index (κ2) is 33.3. The lowest BCUT2D eigenvalue weighted by Gasteiger charge is -2.51. The minimum atomic E-state index is -2.40. The van der Waals surface area contributed by atoms with Crippen molar-refractivity contribution in [3.8, 4) is 0 Å². The van der Waals surface area contributed by atoms with Crippen molar-refractivity contribution < 1.29 is 198 Å². The van der Waals surface area contributed by atoms with Crippen LogP contribution in [0.15, 0.2) is 0 Å². The van der Waals surface area contributed by atoms with Crippen molar-refractivity contribution in [3.63, 3.8) is 0 Å². The maximum atomic E-state index is 13.0. The van der Waals surface area contributed by atoms with Gasteiger partial charge < -0.3 is 199 Å². The zero-order valence-electron chi connectivity index (χ0n) is 50.3. The topological polar surface area (TPSA) is 662 Å². The Labute approximate surface area is 532 Å². The number of hydrogen-bond acceptors (Lipinski definition) is 40. The molecule has 42 nitrogen and oxygen atoms in total. The number of hydrogen-bond donors (Lipinski definition) is 25. The molecule has 8 fully saturated rings. The third kappa shape index (κ3) is 16.6. The second-order valence-corrected chi connectivity index (χ2v) is 23.9. The van der Waals surface area contributed by atoms with Gasteiger partial charge in [0.2, 0.25) is 11.8 Å². The van der Waals surface area contributed by atoms with Gasteiger partial charge >= 0.3 is 0 Å². The van der Waals surface area contributed by atoms with Gasteiger partial charge in [0.1, 0.15) is 189 Å². The van der Waals surface area contributed by atoms with Gasteiger partial charge in [-0.15, -0.1) is 0 Å². The summed E-state index contributed by atoms with van der Waals surface area (Å²) in [5, 5.41) is 255. The molecule has 94 heavy (non-hydrogen) atoms. The summed E-state index contributed by atoms with van der Waals surface area (Å²) in [5.41, 5.74) is 0. The van der Waals surface area contributed by atoms with Crippen LogP contribution in [-0.4, -0.2) is 421 Å². The molecular formula is C52H88N2O40. The van der Waals surface area contributed by atoms with E-state index in [9.17, 15) is 127 Å². The van der Waals surface area contributed by atoms with Gasteiger partial charge in [0.25, 0.3) is 0 Å². The molecule has 0 unspecified atom stereocenters. The molecule has 42 heteroatoms.